The molecule has 2 aliphatic heterocycles. The van der Waals surface area contributed by atoms with E-state index in [0.717, 1.165) is 30.7 Å². The molecule has 1 unspecified atom stereocenters. The Morgan fingerprint density at radius 1 is 1.24 bits per heavy atom. The number of anilines is 1. The Kier molecular flexibility index (Phi) is 3.82. The summed E-state index contributed by atoms with van der Waals surface area (Å²) >= 11 is 0. The standard InChI is InChI=1S/C16H20N2O3/c1-2-10-21-13-7-5-12(6-8-13)18-11-15(19)17-9-3-4-14(17)16(18)20/h5-8,14H,2-4,9-11H2,1H3. The van der Waals surface area contributed by atoms with Gasteiger partial charge in [0, 0.05) is 12.2 Å². The molecule has 1 atom stereocenters. The molecule has 1 aromatic carbocycles. The van der Waals surface area contributed by atoms with Crippen LogP contribution in [0.1, 0.15) is 26.2 Å². The minimum absolute atomic E-state index is 0.0364. The van der Waals surface area contributed by atoms with Crippen molar-refractivity contribution in [3.8, 4) is 5.75 Å². The number of nitrogens with zero attached hydrogens (tertiary/aromatic N) is 2. The smallest absolute Gasteiger partial charge is 0.250 e. The quantitative estimate of drug-likeness (QED) is 0.849. The first kappa shape index (κ1) is 13.9. The molecule has 0 aromatic heterocycles. The molecule has 0 spiro atoms. The number of piperazine rings is 1. The van der Waals surface area contributed by atoms with Crippen molar-refractivity contribution in [2.24, 2.45) is 0 Å². The number of fused-ring (bicyclic) bond motifs is 1. The topological polar surface area (TPSA) is 49.9 Å². The molecule has 0 N–H and O–H groups in total. The van der Waals surface area contributed by atoms with Crippen molar-refractivity contribution in [1.29, 1.82) is 0 Å². The third-order valence-corrected chi connectivity index (χ3v) is 4.04. The van der Waals surface area contributed by atoms with Crippen LogP contribution in [0.25, 0.3) is 0 Å². The van der Waals surface area contributed by atoms with Crippen LogP contribution in [-0.4, -0.2) is 42.5 Å². The second kappa shape index (κ2) is 5.76. The van der Waals surface area contributed by atoms with Crippen LogP contribution in [0.4, 0.5) is 5.69 Å². The summed E-state index contributed by atoms with van der Waals surface area (Å²) in [6, 6.07) is 7.14. The highest BCUT2D eigenvalue weighted by atomic mass is 16.5. The van der Waals surface area contributed by atoms with E-state index in [-0.39, 0.29) is 24.4 Å². The number of ether oxygens (including phenoxy) is 1. The van der Waals surface area contributed by atoms with Crippen LogP contribution in [-0.2, 0) is 9.59 Å². The number of amides is 2. The molecule has 2 aliphatic rings. The first-order valence-electron chi connectivity index (χ1n) is 7.54. The van der Waals surface area contributed by atoms with Crippen molar-refractivity contribution in [3.05, 3.63) is 24.3 Å². The molecule has 5 heteroatoms. The average Bonchev–Trinajstić information content (AvgIpc) is 3.00. The van der Waals surface area contributed by atoms with Gasteiger partial charge in [0.1, 0.15) is 18.3 Å². The predicted molar refractivity (Wildman–Crippen MR) is 79.3 cm³/mol. The summed E-state index contributed by atoms with van der Waals surface area (Å²) in [5.74, 6) is 0.872. The molecule has 5 nitrogen and oxygen atoms in total. The van der Waals surface area contributed by atoms with E-state index < -0.39 is 0 Å². The Balaban J connectivity index is 1.76. The lowest BCUT2D eigenvalue weighted by Crippen LogP contribution is -2.57. The van der Waals surface area contributed by atoms with E-state index >= 15 is 0 Å². The molecule has 112 valence electrons. The van der Waals surface area contributed by atoms with Gasteiger partial charge < -0.3 is 14.5 Å². The summed E-state index contributed by atoms with van der Waals surface area (Å²) in [5.41, 5.74) is 0.767. The van der Waals surface area contributed by atoms with Crippen molar-refractivity contribution in [3.63, 3.8) is 0 Å². The second-order valence-corrected chi connectivity index (χ2v) is 5.51. The minimum atomic E-state index is -0.262. The molecule has 0 aliphatic carbocycles. The van der Waals surface area contributed by atoms with Crippen LogP contribution in [0.2, 0.25) is 0 Å². The fraction of sp³-hybridized carbons (Fsp3) is 0.500. The molecular formula is C16H20N2O3. The zero-order valence-electron chi connectivity index (χ0n) is 12.2. The molecular weight excluding hydrogens is 268 g/mol. The monoisotopic (exact) mass is 288 g/mol. The van der Waals surface area contributed by atoms with Crippen LogP contribution < -0.4 is 9.64 Å². The van der Waals surface area contributed by atoms with Crippen molar-refractivity contribution in [2.75, 3.05) is 24.6 Å². The maximum atomic E-state index is 12.5. The molecule has 2 fully saturated rings. The lowest BCUT2D eigenvalue weighted by Gasteiger charge is -2.36. The number of carbonyl (C=O) groups is 2. The Bertz CT molecular complexity index is 541. The molecule has 2 amide bonds. The third kappa shape index (κ3) is 2.60. The Morgan fingerprint density at radius 2 is 2.00 bits per heavy atom. The normalized spacial score (nSPS) is 21.7. The van der Waals surface area contributed by atoms with E-state index in [1.54, 1.807) is 9.80 Å². The first-order valence-corrected chi connectivity index (χ1v) is 7.54. The maximum absolute atomic E-state index is 12.5. The fourth-order valence-corrected chi connectivity index (χ4v) is 2.97. The average molecular weight is 288 g/mol. The van der Waals surface area contributed by atoms with E-state index in [1.165, 1.54) is 0 Å². The lowest BCUT2D eigenvalue weighted by atomic mass is 10.1. The molecule has 0 radical (unpaired) electrons. The van der Waals surface area contributed by atoms with E-state index in [2.05, 4.69) is 6.92 Å². The lowest BCUT2D eigenvalue weighted by molar-refractivity contribution is -0.140. The van der Waals surface area contributed by atoms with Gasteiger partial charge >= 0.3 is 0 Å². The van der Waals surface area contributed by atoms with E-state index in [1.807, 2.05) is 24.3 Å². The zero-order valence-corrected chi connectivity index (χ0v) is 12.2. The molecule has 21 heavy (non-hydrogen) atoms. The molecule has 3 rings (SSSR count). The Morgan fingerprint density at radius 3 is 2.71 bits per heavy atom. The number of carbonyl (C=O) groups excluding carboxylic acids is 2. The van der Waals surface area contributed by atoms with Gasteiger partial charge in [0.05, 0.1) is 6.61 Å². The van der Waals surface area contributed by atoms with Crippen molar-refractivity contribution in [2.45, 2.75) is 32.2 Å². The van der Waals surface area contributed by atoms with Crippen LogP contribution in [0.5, 0.6) is 5.75 Å². The molecule has 0 saturated carbocycles. The summed E-state index contributed by atoms with van der Waals surface area (Å²) in [5, 5.41) is 0. The van der Waals surface area contributed by atoms with Gasteiger partial charge in [0.25, 0.3) is 0 Å². The van der Waals surface area contributed by atoms with E-state index in [0.29, 0.717) is 13.2 Å². The van der Waals surface area contributed by atoms with Crippen LogP contribution in [0.3, 0.4) is 0 Å². The van der Waals surface area contributed by atoms with Crippen LogP contribution in [0, 0.1) is 0 Å². The molecule has 2 heterocycles. The van der Waals surface area contributed by atoms with Crippen molar-refractivity contribution in [1.82, 2.24) is 4.90 Å². The minimum Gasteiger partial charge on any atom is -0.494 e. The molecule has 1 aromatic rings. The Hall–Kier alpha value is -2.04. The molecule has 0 bridgehead atoms. The van der Waals surface area contributed by atoms with Gasteiger partial charge in [-0.3, -0.25) is 9.59 Å². The van der Waals surface area contributed by atoms with Crippen LogP contribution in [0.15, 0.2) is 24.3 Å². The van der Waals surface area contributed by atoms with E-state index in [4.69, 9.17) is 4.74 Å². The van der Waals surface area contributed by atoms with Gasteiger partial charge in [0.15, 0.2) is 0 Å². The summed E-state index contributed by atoms with van der Waals surface area (Å²) < 4.78 is 5.54. The zero-order chi connectivity index (χ0) is 14.8. The van der Waals surface area contributed by atoms with Crippen molar-refractivity contribution >= 4 is 17.5 Å². The van der Waals surface area contributed by atoms with Gasteiger partial charge in [-0.05, 0) is 43.5 Å². The summed E-state index contributed by atoms with van der Waals surface area (Å²) in [4.78, 5) is 27.9. The van der Waals surface area contributed by atoms with Crippen LogP contribution >= 0.6 is 0 Å². The van der Waals surface area contributed by atoms with E-state index in [9.17, 15) is 9.59 Å². The number of hydrogen-bond acceptors (Lipinski definition) is 3. The fourth-order valence-electron chi connectivity index (χ4n) is 2.97. The number of rotatable bonds is 4. The van der Waals surface area contributed by atoms with Gasteiger partial charge in [-0.2, -0.15) is 0 Å². The highest BCUT2D eigenvalue weighted by Gasteiger charge is 2.42. The highest BCUT2D eigenvalue weighted by Crippen LogP contribution is 2.28. The Labute approximate surface area is 124 Å². The van der Waals surface area contributed by atoms with Gasteiger partial charge in [-0.15, -0.1) is 0 Å². The predicted octanol–water partition coefficient (Wildman–Crippen LogP) is 1.81. The largest absolute Gasteiger partial charge is 0.494 e. The third-order valence-electron chi connectivity index (χ3n) is 4.04. The highest BCUT2D eigenvalue weighted by molar-refractivity contribution is 6.06. The first-order chi connectivity index (χ1) is 10.2. The summed E-state index contributed by atoms with van der Waals surface area (Å²) in [6.45, 7) is 3.59. The maximum Gasteiger partial charge on any atom is 0.250 e. The SMILES string of the molecule is CCCOc1ccc(N2CC(=O)N3CCCC3C2=O)cc1. The molecule has 2 saturated heterocycles. The van der Waals surface area contributed by atoms with Crippen molar-refractivity contribution < 1.29 is 14.3 Å². The summed E-state index contributed by atoms with van der Waals surface area (Å²) in [6.07, 6.45) is 2.65. The van der Waals surface area contributed by atoms with Gasteiger partial charge in [-0.1, -0.05) is 6.92 Å². The summed E-state index contributed by atoms with van der Waals surface area (Å²) in [7, 11) is 0. The number of benzene rings is 1. The number of hydrogen-bond donors (Lipinski definition) is 0. The second-order valence-electron chi connectivity index (χ2n) is 5.51. The van der Waals surface area contributed by atoms with Gasteiger partial charge in [0.2, 0.25) is 11.8 Å². The van der Waals surface area contributed by atoms with Gasteiger partial charge in [-0.25, -0.2) is 0 Å².